The molecule has 568 valence electrons. The van der Waals surface area contributed by atoms with Crippen molar-refractivity contribution >= 4 is 88.4 Å². The Hall–Kier alpha value is -10.6. The second kappa shape index (κ2) is 41.4. The number of benzene rings is 3. The largest absolute Gasteiger partial charge is 0.465 e. The number of nitrogens with zero attached hydrogens (tertiary/aromatic N) is 9. The van der Waals surface area contributed by atoms with Gasteiger partial charge < -0.3 is 61.4 Å². The number of rotatable bonds is 32. The highest BCUT2D eigenvalue weighted by Crippen LogP contribution is 2.36. The molecule has 3 amide bonds. The highest BCUT2D eigenvalue weighted by molar-refractivity contribution is 6.08. The van der Waals surface area contributed by atoms with Crippen LogP contribution in [0.5, 0.6) is 0 Å². The van der Waals surface area contributed by atoms with Crippen LogP contribution < -0.4 is 17.2 Å². The Kier molecular flexibility index (Phi) is 31.7. The number of aliphatic hydroxyl groups is 3. The van der Waals surface area contributed by atoms with Gasteiger partial charge in [-0.3, -0.25) is 43.7 Å². The minimum Gasteiger partial charge on any atom is -0.465 e. The van der Waals surface area contributed by atoms with E-state index in [1.807, 2.05) is 158 Å². The topological polar surface area (TPSA) is 354 Å². The Morgan fingerprint density at radius 2 is 0.776 bits per heavy atom. The lowest BCUT2D eigenvalue weighted by atomic mass is 10.0. The number of hydrogen-bond donors (Lipinski definition) is 6. The fourth-order valence-electron chi connectivity index (χ4n) is 12.0. The molecule has 0 radical (unpaired) electrons. The maximum Gasteiger partial charge on any atom is 0.312 e. The number of esters is 3. The van der Waals surface area contributed by atoms with Crippen LogP contribution in [0.3, 0.4) is 0 Å². The molecule has 0 spiro atoms. The molecule has 0 unspecified atom stereocenters. The Labute approximate surface area is 627 Å². The van der Waals surface area contributed by atoms with Crippen molar-refractivity contribution in [2.75, 3.05) is 72.3 Å². The number of nitrogens with two attached hydrogens (primary N) is 3. The first kappa shape index (κ1) is 82.1. The van der Waals surface area contributed by atoms with Gasteiger partial charge in [-0.25, -0.2) is 15.0 Å². The number of pyridine rings is 3. The number of carbonyl (C=O) groups is 6. The molecule has 6 aromatic rings. The number of fused-ring (bicyclic) bond motifs is 3. The van der Waals surface area contributed by atoms with E-state index in [0.29, 0.717) is 152 Å². The Balaban J connectivity index is 0.000000202. The van der Waals surface area contributed by atoms with Crippen molar-refractivity contribution in [2.24, 2.45) is 44.0 Å². The molecule has 0 atom stereocenters. The fourth-order valence-corrected chi connectivity index (χ4v) is 12.0. The highest BCUT2D eigenvalue weighted by atomic mass is 16.5. The van der Waals surface area contributed by atoms with Crippen LogP contribution in [0.15, 0.2) is 141 Å². The SMILES string of the molecule is CCCN(CCCO)C(=O)C1=Cc2ccc(-c3ccc(CC(=O)OC(C)C)nc3)cc2N=C(N)C1.CCCN(CCCO)C(=O)C1=Cc2ccc(-c3ccc(CC(=O)OCC(C)C)nc3)cc2N=C(N)C1.CCCN(CCCO)C(=O)C1=Cc2ccc(-c3ccc(CC(=O)OCC4CC4)nc3)cc2N=C(N)C1. The predicted octanol–water partition coefficient (Wildman–Crippen LogP) is 11.2. The lowest BCUT2D eigenvalue weighted by molar-refractivity contribution is -0.147. The second-order valence-corrected chi connectivity index (χ2v) is 27.7. The van der Waals surface area contributed by atoms with E-state index in [4.69, 9.17) is 31.4 Å². The summed E-state index contributed by atoms with van der Waals surface area (Å²) < 4.78 is 15.7. The third kappa shape index (κ3) is 25.6. The van der Waals surface area contributed by atoms with Gasteiger partial charge in [0.15, 0.2) is 0 Å². The maximum atomic E-state index is 13.2. The van der Waals surface area contributed by atoms with E-state index in [9.17, 15) is 44.1 Å². The number of aliphatic hydroxyl groups excluding tert-OH is 3. The van der Waals surface area contributed by atoms with Crippen molar-refractivity contribution in [3.63, 3.8) is 0 Å². The fraction of sp³-hybridized carbons (Fsp3) is 0.422. The van der Waals surface area contributed by atoms with Gasteiger partial charge in [0, 0.05) is 147 Å². The van der Waals surface area contributed by atoms with Gasteiger partial charge in [-0.2, -0.15) is 0 Å². The molecule has 0 saturated heterocycles. The van der Waals surface area contributed by atoms with E-state index in [1.54, 1.807) is 33.3 Å². The highest BCUT2D eigenvalue weighted by Gasteiger charge is 2.27. The van der Waals surface area contributed by atoms with Crippen molar-refractivity contribution in [2.45, 2.75) is 144 Å². The summed E-state index contributed by atoms with van der Waals surface area (Å²) >= 11 is 0. The quantitative estimate of drug-likeness (QED) is 0.0169. The smallest absolute Gasteiger partial charge is 0.312 e. The average Bonchev–Trinajstić information content (AvgIpc) is 1.77. The van der Waals surface area contributed by atoms with E-state index in [2.05, 4.69) is 29.9 Å². The van der Waals surface area contributed by atoms with Crippen molar-refractivity contribution < 1.29 is 58.3 Å². The van der Waals surface area contributed by atoms with E-state index >= 15 is 0 Å². The van der Waals surface area contributed by atoms with Crippen LogP contribution >= 0.6 is 0 Å². The molecule has 3 aromatic carbocycles. The minimum absolute atomic E-state index is 0.0413. The molecular formula is C83H104N12O12. The van der Waals surface area contributed by atoms with Crippen molar-refractivity contribution in [1.29, 1.82) is 0 Å². The van der Waals surface area contributed by atoms with Gasteiger partial charge in [0.05, 0.1) is 72.7 Å². The first-order valence-corrected chi connectivity index (χ1v) is 37.2. The van der Waals surface area contributed by atoms with Gasteiger partial charge in [-0.1, -0.05) is 89.2 Å². The zero-order valence-corrected chi connectivity index (χ0v) is 62.8. The lowest BCUT2D eigenvalue weighted by Crippen LogP contribution is -2.35. The van der Waals surface area contributed by atoms with Crippen LogP contribution in [0, 0.1) is 11.8 Å². The maximum absolute atomic E-state index is 13.2. The van der Waals surface area contributed by atoms with Gasteiger partial charge in [-0.05, 0) is 148 Å². The molecule has 9 N–H and O–H groups in total. The van der Waals surface area contributed by atoms with E-state index in [1.165, 1.54) is 0 Å². The Bertz CT molecular complexity index is 4060. The Morgan fingerprint density at radius 3 is 1.07 bits per heavy atom. The second-order valence-electron chi connectivity index (χ2n) is 27.7. The summed E-state index contributed by atoms with van der Waals surface area (Å²) in [5.41, 5.74) is 32.2. The summed E-state index contributed by atoms with van der Waals surface area (Å²) in [6.45, 7) is 18.1. The first-order valence-electron chi connectivity index (χ1n) is 37.2. The number of ether oxygens (including phenoxy) is 3. The molecule has 24 nitrogen and oxygen atoms in total. The van der Waals surface area contributed by atoms with Gasteiger partial charge in [0.2, 0.25) is 17.7 Å². The zero-order chi connectivity index (χ0) is 76.9. The van der Waals surface area contributed by atoms with E-state index < -0.39 is 0 Å². The molecule has 4 aliphatic rings. The number of hydrogen-bond acceptors (Lipinski definition) is 21. The number of amidine groups is 3. The summed E-state index contributed by atoms with van der Waals surface area (Å²) in [6.07, 6.45) is 18.2. The first-order chi connectivity index (χ1) is 51.6. The molecule has 6 heterocycles. The zero-order valence-electron chi connectivity index (χ0n) is 62.8. The monoisotopic (exact) mass is 1460 g/mol. The van der Waals surface area contributed by atoms with Crippen molar-refractivity contribution in [3.8, 4) is 33.4 Å². The minimum atomic E-state index is -0.305. The Morgan fingerprint density at radius 1 is 0.449 bits per heavy atom. The van der Waals surface area contributed by atoms with Crippen LogP contribution in [-0.2, 0) is 62.2 Å². The van der Waals surface area contributed by atoms with Gasteiger partial charge in [-0.15, -0.1) is 0 Å². The van der Waals surface area contributed by atoms with Crippen LogP contribution in [0.4, 0.5) is 17.1 Å². The normalized spacial score (nSPS) is 13.6. The van der Waals surface area contributed by atoms with Crippen molar-refractivity contribution in [3.05, 3.63) is 160 Å². The van der Waals surface area contributed by atoms with E-state index in [0.717, 1.165) is 82.2 Å². The summed E-state index contributed by atoms with van der Waals surface area (Å²) in [6, 6.07) is 28.6. The standard InChI is InChI=1S/C28H34N4O4.C28H36N4O4.C27H34N4O4/c1-2-10-32(11-3-12-33)28(35)23-13-21-7-6-20(14-25(21)31-26(29)15-23)22-8-9-24(30-17-22)16-27(34)36-18-19-4-5-19;1-4-10-32(11-5-12-33)28(35)23-13-21-7-6-20(14-25(21)31-26(29)15-23)22-8-9-24(30-17-22)16-27(34)36-18-19(2)3;1-4-10-31(11-5-12-32)27(34)22-13-20-7-6-19(14-24(20)30-25(28)15-22)21-8-9-23(29-17-21)16-26(33)35-18(2)3/h6-9,13-14,17,19,33H,2-5,10-12,15-16,18H2,1H3,(H2,29,31);6-9,13-14,17,19,33H,4-5,10-12,15-16,18H2,1-3H3,(H2,29,31);6-9,13-14,17-18,32H,4-5,10-12,15-16H2,1-3H3,(H2,28,30). The summed E-state index contributed by atoms with van der Waals surface area (Å²) in [7, 11) is 0. The molecule has 1 fully saturated rings. The van der Waals surface area contributed by atoms with Gasteiger partial charge in [0.25, 0.3) is 0 Å². The average molecular weight is 1460 g/mol. The molecule has 0 bridgehead atoms. The van der Waals surface area contributed by atoms with E-state index in [-0.39, 0.29) is 100 Å². The lowest BCUT2D eigenvalue weighted by Gasteiger charge is -2.23. The number of amides is 3. The molecule has 1 aliphatic carbocycles. The molecule has 24 heteroatoms. The number of carbonyl (C=O) groups excluding carboxylic acids is 6. The van der Waals surface area contributed by atoms with Crippen molar-refractivity contribution in [1.82, 2.24) is 29.7 Å². The number of aromatic nitrogens is 3. The number of aliphatic imine (C=N–C) groups is 3. The van der Waals surface area contributed by atoms with Crippen LogP contribution in [-0.4, -0.2) is 177 Å². The van der Waals surface area contributed by atoms with Crippen LogP contribution in [0.2, 0.25) is 0 Å². The predicted molar refractivity (Wildman–Crippen MR) is 418 cm³/mol. The van der Waals surface area contributed by atoms with Gasteiger partial charge >= 0.3 is 17.9 Å². The molecule has 3 aliphatic heterocycles. The molecule has 1 saturated carbocycles. The molecular weight excluding hydrogens is 1360 g/mol. The summed E-state index contributed by atoms with van der Waals surface area (Å²) in [5.74, 6) is 0.888. The van der Waals surface area contributed by atoms with Crippen LogP contribution in [0.25, 0.3) is 51.6 Å². The third-order valence-electron chi connectivity index (χ3n) is 17.5. The summed E-state index contributed by atoms with van der Waals surface area (Å²) in [4.78, 5) is 108. The molecule has 10 rings (SSSR count). The molecule has 3 aromatic heterocycles. The van der Waals surface area contributed by atoms with Crippen LogP contribution in [0.1, 0.15) is 153 Å². The van der Waals surface area contributed by atoms with Gasteiger partial charge in [0.1, 0.15) is 17.5 Å². The third-order valence-corrected chi connectivity index (χ3v) is 17.5. The summed E-state index contributed by atoms with van der Waals surface area (Å²) in [5, 5.41) is 27.6. The molecule has 107 heavy (non-hydrogen) atoms.